The minimum absolute atomic E-state index is 0.0170. The number of rotatable bonds is 7. The molecule has 0 radical (unpaired) electrons. The quantitative estimate of drug-likeness (QED) is 0.555. The van der Waals surface area contributed by atoms with Gasteiger partial charge in [-0.05, 0) is 35.9 Å². The van der Waals surface area contributed by atoms with Gasteiger partial charge in [-0.15, -0.1) is 0 Å². The molecule has 0 aliphatic carbocycles. The van der Waals surface area contributed by atoms with Crippen LogP contribution in [0.15, 0.2) is 48.7 Å². The number of carbonyl (C=O) groups excluding carboxylic acids is 1. The first kappa shape index (κ1) is 22.2. The van der Waals surface area contributed by atoms with Gasteiger partial charge in [0.2, 0.25) is 0 Å². The van der Waals surface area contributed by atoms with Crippen LogP contribution in [-0.4, -0.2) is 74.2 Å². The van der Waals surface area contributed by atoms with Crippen molar-refractivity contribution < 1.29 is 23.7 Å². The van der Waals surface area contributed by atoms with Gasteiger partial charge in [-0.25, -0.2) is 0 Å². The maximum absolute atomic E-state index is 13.2. The summed E-state index contributed by atoms with van der Waals surface area (Å²) in [6.07, 6.45) is 1.55. The molecule has 1 atom stereocenters. The Morgan fingerprint density at radius 2 is 1.85 bits per heavy atom. The number of nitrogens with one attached hydrogen (secondary N) is 2. The highest BCUT2D eigenvalue weighted by Crippen LogP contribution is 2.35. The number of fused-ring (bicyclic) bond motifs is 1. The van der Waals surface area contributed by atoms with Gasteiger partial charge in [-0.2, -0.15) is 5.10 Å². The zero-order chi connectivity index (χ0) is 23.3. The summed E-state index contributed by atoms with van der Waals surface area (Å²) in [4.78, 5) is 15.6. The first-order valence-electron chi connectivity index (χ1n) is 11.4. The third kappa shape index (κ3) is 4.71. The number of hydrogen-bond acceptors (Lipinski definition) is 7. The molecule has 2 aromatic carbocycles. The number of H-pyrrole nitrogens is 1. The van der Waals surface area contributed by atoms with Crippen molar-refractivity contribution in [3.05, 3.63) is 59.8 Å². The van der Waals surface area contributed by atoms with E-state index in [0.29, 0.717) is 55.7 Å². The van der Waals surface area contributed by atoms with Crippen molar-refractivity contribution in [3.8, 4) is 28.5 Å². The van der Waals surface area contributed by atoms with Gasteiger partial charge in [0.1, 0.15) is 19.0 Å². The summed E-state index contributed by atoms with van der Waals surface area (Å²) in [6.45, 7) is 4.45. The lowest BCUT2D eigenvalue weighted by Gasteiger charge is -2.35. The van der Waals surface area contributed by atoms with Crippen molar-refractivity contribution in [2.24, 2.45) is 0 Å². The fourth-order valence-electron chi connectivity index (χ4n) is 4.33. The van der Waals surface area contributed by atoms with Gasteiger partial charge in [0.15, 0.2) is 11.5 Å². The zero-order valence-electron chi connectivity index (χ0n) is 19.1. The second-order valence-electron chi connectivity index (χ2n) is 8.16. The number of hydrogen-bond donors (Lipinski definition) is 2. The van der Waals surface area contributed by atoms with E-state index in [1.807, 2.05) is 42.5 Å². The Bertz CT molecular complexity index is 1120. The second kappa shape index (κ2) is 10.1. The molecule has 5 rings (SSSR count). The van der Waals surface area contributed by atoms with Crippen LogP contribution in [0.1, 0.15) is 22.0 Å². The van der Waals surface area contributed by atoms with E-state index in [4.69, 9.17) is 18.9 Å². The molecule has 0 spiro atoms. The van der Waals surface area contributed by atoms with Crippen molar-refractivity contribution in [1.29, 1.82) is 0 Å². The molecule has 178 valence electrons. The molecule has 1 amide bonds. The van der Waals surface area contributed by atoms with E-state index in [-0.39, 0.29) is 11.9 Å². The Kier molecular flexibility index (Phi) is 6.64. The van der Waals surface area contributed by atoms with Crippen LogP contribution in [-0.2, 0) is 4.74 Å². The topological polar surface area (TPSA) is 97.9 Å². The van der Waals surface area contributed by atoms with E-state index >= 15 is 0 Å². The van der Waals surface area contributed by atoms with Crippen LogP contribution in [0.25, 0.3) is 11.3 Å². The van der Waals surface area contributed by atoms with Gasteiger partial charge < -0.3 is 24.3 Å². The van der Waals surface area contributed by atoms with Gasteiger partial charge in [-0.3, -0.25) is 14.8 Å². The molecule has 9 heteroatoms. The summed E-state index contributed by atoms with van der Waals surface area (Å²) in [7, 11) is 1.65. The predicted octanol–water partition coefficient (Wildman–Crippen LogP) is 2.66. The molecule has 0 bridgehead atoms. The summed E-state index contributed by atoms with van der Waals surface area (Å²) >= 11 is 0. The number of benzene rings is 2. The highest BCUT2D eigenvalue weighted by atomic mass is 16.6. The Balaban J connectivity index is 1.33. The van der Waals surface area contributed by atoms with Crippen molar-refractivity contribution in [2.75, 3.05) is 53.2 Å². The van der Waals surface area contributed by atoms with E-state index in [2.05, 4.69) is 20.4 Å². The molecule has 2 aliphatic heterocycles. The number of morpholine rings is 1. The second-order valence-corrected chi connectivity index (χ2v) is 8.16. The highest BCUT2D eigenvalue weighted by molar-refractivity contribution is 5.99. The van der Waals surface area contributed by atoms with Crippen LogP contribution >= 0.6 is 0 Å². The molecule has 1 saturated heterocycles. The van der Waals surface area contributed by atoms with Crippen LogP contribution in [0, 0.1) is 0 Å². The summed E-state index contributed by atoms with van der Waals surface area (Å²) in [5.74, 6) is 1.98. The smallest absolute Gasteiger partial charge is 0.255 e. The molecule has 3 heterocycles. The van der Waals surface area contributed by atoms with E-state index < -0.39 is 0 Å². The molecular weight excluding hydrogens is 436 g/mol. The van der Waals surface area contributed by atoms with Crippen molar-refractivity contribution in [2.45, 2.75) is 6.04 Å². The Hall–Kier alpha value is -3.56. The minimum Gasteiger partial charge on any atom is -0.497 e. The fourth-order valence-corrected chi connectivity index (χ4v) is 4.33. The van der Waals surface area contributed by atoms with Crippen LogP contribution in [0.3, 0.4) is 0 Å². The van der Waals surface area contributed by atoms with Crippen LogP contribution in [0.2, 0.25) is 0 Å². The van der Waals surface area contributed by atoms with E-state index in [0.717, 1.165) is 30.0 Å². The summed E-state index contributed by atoms with van der Waals surface area (Å²) < 4.78 is 22.1. The number of aromatic nitrogens is 2. The van der Waals surface area contributed by atoms with Gasteiger partial charge in [-0.1, -0.05) is 12.1 Å². The van der Waals surface area contributed by atoms with Crippen LogP contribution < -0.4 is 19.5 Å². The number of aromatic amines is 1. The standard InChI is InChI=1S/C25H28N4O5/c1-31-19-5-2-17(3-6-19)21(29-8-10-32-11-9-29)16-26-25(30)20-15-27-28-24(20)18-4-7-22-23(14-18)34-13-12-33-22/h2-7,14-15,21H,8-13,16H2,1H3,(H,26,30)(H,27,28)/t21-/m0/s1. The summed E-state index contributed by atoms with van der Waals surface area (Å²) in [5, 5.41) is 10.2. The monoisotopic (exact) mass is 464 g/mol. The zero-order valence-corrected chi connectivity index (χ0v) is 19.1. The molecular formula is C25H28N4O5. The molecule has 3 aromatic rings. The van der Waals surface area contributed by atoms with Crippen LogP contribution in [0.4, 0.5) is 0 Å². The number of ether oxygens (including phenoxy) is 4. The molecule has 0 saturated carbocycles. The number of methoxy groups -OCH3 is 1. The van der Waals surface area contributed by atoms with E-state index in [9.17, 15) is 4.79 Å². The minimum atomic E-state index is -0.189. The number of carbonyl (C=O) groups is 1. The van der Waals surface area contributed by atoms with E-state index in [1.165, 1.54) is 0 Å². The lowest BCUT2D eigenvalue weighted by Crippen LogP contribution is -2.43. The van der Waals surface area contributed by atoms with Crippen LogP contribution in [0.5, 0.6) is 17.2 Å². The van der Waals surface area contributed by atoms with Crippen molar-refractivity contribution in [1.82, 2.24) is 20.4 Å². The normalized spacial score (nSPS) is 16.6. The SMILES string of the molecule is COc1ccc([C@H](CNC(=O)c2cn[nH]c2-c2ccc3c(c2)OCCO3)N2CCOCC2)cc1. The lowest BCUT2D eigenvalue weighted by molar-refractivity contribution is 0.0162. The Labute approximate surface area is 198 Å². The molecule has 1 aromatic heterocycles. The Morgan fingerprint density at radius 3 is 2.62 bits per heavy atom. The molecule has 0 unspecified atom stereocenters. The first-order chi connectivity index (χ1) is 16.7. The first-order valence-corrected chi connectivity index (χ1v) is 11.4. The van der Waals surface area contributed by atoms with Gasteiger partial charge >= 0.3 is 0 Å². The summed E-state index contributed by atoms with van der Waals surface area (Å²) in [5.41, 5.74) is 3.04. The molecule has 2 aliphatic rings. The average Bonchev–Trinajstić information content (AvgIpc) is 3.40. The third-order valence-corrected chi connectivity index (χ3v) is 6.16. The van der Waals surface area contributed by atoms with Gasteiger partial charge in [0.25, 0.3) is 5.91 Å². The highest BCUT2D eigenvalue weighted by Gasteiger charge is 2.25. The summed E-state index contributed by atoms with van der Waals surface area (Å²) in [6, 6.07) is 13.6. The van der Waals surface area contributed by atoms with E-state index in [1.54, 1.807) is 13.3 Å². The average molecular weight is 465 g/mol. The fraction of sp³-hybridized carbons (Fsp3) is 0.360. The predicted molar refractivity (Wildman–Crippen MR) is 125 cm³/mol. The molecule has 9 nitrogen and oxygen atoms in total. The molecule has 34 heavy (non-hydrogen) atoms. The number of nitrogens with zero attached hydrogens (tertiary/aromatic N) is 2. The lowest BCUT2D eigenvalue weighted by atomic mass is 10.0. The third-order valence-electron chi connectivity index (χ3n) is 6.16. The van der Waals surface area contributed by atoms with Gasteiger partial charge in [0, 0.05) is 25.2 Å². The maximum atomic E-state index is 13.2. The van der Waals surface area contributed by atoms with Crippen molar-refractivity contribution >= 4 is 5.91 Å². The number of amides is 1. The Morgan fingerprint density at radius 1 is 1.09 bits per heavy atom. The van der Waals surface area contributed by atoms with Gasteiger partial charge in [0.05, 0.1) is 43.8 Å². The largest absolute Gasteiger partial charge is 0.497 e. The maximum Gasteiger partial charge on any atom is 0.255 e. The molecule has 1 fully saturated rings. The molecule has 2 N–H and O–H groups in total. The van der Waals surface area contributed by atoms with Crippen molar-refractivity contribution in [3.63, 3.8) is 0 Å².